The Hall–Kier alpha value is -3.09. The van der Waals surface area contributed by atoms with Crippen LogP contribution >= 0.6 is 0 Å². The van der Waals surface area contributed by atoms with Gasteiger partial charge in [-0.3, -0.25) is 14.3 Å². The number of carbonyl (C=O) groups is 2. The summed E-state index contributed by atoms with van der Waals surface area (Å²) in [7, 11) is 0. The number of carboxylic acid groups (broad SMARTS) is 1. The highest BCUT2D eigenvalue weighted by atomic mass is 16.4. The third kappa shape index (κ3) is 3.45. The van der Waals surface area contributed by atoms with E-state index in [0.29, 0.717) is 32.5 Å². The molecule has 0 fully saturated rings. The lowest BCUT2D eigenvalue weighted by atomic mass is 10.1. The summed E-state index contributed by atoms with van der Waals surface area (Å²) in [6, 6.07) is 9.95. The summed E-state index contributed by atoms with van der Waals surface area (Å²) in [5.41, 5.74) is 4.87. The molecule has 2 aromatic heterocycles. The van der Waals surface area contributed by atoms with E-state index in [4.69, 9.17) is 5.11 Å². The van der Waals surface area contributed by atoms with Gasteiger partial charge in [0.2, 0.25) is 5.91 Å². The summed E-state index contributed by atoms with van der Waals surface area (Å²) >= 11 is 0. The van der Waals surface area contributed by atoms with Crippen LogP contribution in [0.4, 0.5) is 0 Å². The molecule has 2 N–H and O–H groups in total. The molecule has 7 heteroatoms. The Morgan fingerprint density at radius 1 is 1.26 bits per heavy atom. The maximum Gasteiger partial charge on any atom is 0.303 e. The van der Waals surface area contributed by atoms with Crippen molar-refractivity contribution in [2.24, 2.45) is 0 Å². The summed E-state index contributed by atoms with van der Waals surface area (Å²) in [4.78, 5) is 28.8. The topological polar surface area (TPSA) is 91.2 Å². The molecule has 0 saturated heterocycles. The highest BCUT2D eigenvalue weighted by Crippen LogP contribution is 2.24. The lowest BCUT2D eigenvalue weighted by Crippen LogP contribution is -2.39. The lowest BCUT2D eigenvalue weighted by molar-refractivity contribution is -0.137. The second-order valence-corrected chi connectivity index (χ2v) is 7.01. The molecule has 0 spiro atoms. The largest absolute Gasteiger partial charge is 0.481 e. The van der Waals surface area contributed by atoms with E-state index in [9.17, 15) is 9.59 Å². The quantitative estimate of drug-likeness (QED) is 0.725. The summed E-state index contributed by atoms with van der Waals surface area (Å²) in [5.74, 6) is -0.728. The van der Waals surface area contributed by atoms with Crippen LogP contribution in [-0.2, 0) is 35.5 Å². The summed E-state index contributed by atoms with van der Waals surface area (Å²) in [5, 5.41) is 14.4. The van der Waals surface area contributed by atoms with Gasteiger partial charge in [-0.1, -0.05) is 18.2 Å². The fourth-order valence-electron chi connectivity index (χ4n) is 3.72. The standard InChI is InChI=1S/C20H22N4O3/c1-13-17(16-4-2-3-5-18(16)21-13)11-19(25)23-8-9-24-15(12-23)10-14(22-24)6-7-20(26)27/h2-5,10,21H,6-9,11-12H2,1H3,(H,26,27). The van der Waals surface area contributed by atoms with Gasteiger partial charge in [0.15, 0.2) is 0 Å². The van der Waals surface area contributed by atoms with Gasteiger partial charge in [0.1, 0.15) is 0 Å². The second kappa shape index (κ2) is 6.90. The minimum atomic E-state index is -0.827. The van der Waals surface area contributed by atoms with Crippen LogP contribution in [0.5, 0.6) is 0 Å². The molecule has 0 bridgehead atoms. The van der Waals surface area contributed by atoms with Crippen LogP contribution in [-0.4, -0.2) is 43.2 Å². The van der Waals surface area contributed by atoms with Crippen LogP contribution in [0.3, 0.4) is 0 Å². The van der Waals surface area contributed by atoms with E-state index in [1.165, 1.54) is 0 Å². The zero-order chi connectivity index (χ0) is 19.0. The lowest BCUT2D eigenvalue weighted by Gasteiger charge is -2.27. The molecular weight excluding hydrogens is 344 g/mol. The third-order valence-electron chi connectivity index (χ3n) is 5.15. The van der Waals surface area contributed by atoms with Gasteiger partial charge in [-0.15, -0.1) is 0 Å². The number of nitrogens with zero attached hydrogens (tertiary/aromatic N) is 3. The molecular formula is C20H22N4O3. The minimum Gasteiger partial charge on any atom is -0.481 e. The van der Waals surface area contributed by atoms with Gasteiger partial charge in [-0.25, -0.2) is 0 Å². The number of para-hydroxylation sites is 1. The van der Waals surface area contributed by atoms with Gasteiger partial charge in [0.25, 0.3) is 0 Å². The van der Waals surface area contributed by atoms with E-state index in [1.54, 1.807) is 0 Å². The summed E-state index contributed by atoms with van der Waals surface area (Å²) in [6.45, 7) is 3.78. The van der Waals surface area contributed by atoms with Crippen molar-refractivity contribution in [1.82, 2.24) is 19.7 Å². The Bertz CT molecular complexity index is 1020. The predicted molar refractivity (Wildman–Crippen MR) is 100 cm³/mol. The number of fused-ring (bicyclic) bond motifs is 2. The molecule has 0 aliphatic carbocycles. The monoisotopic (exact) mass is 366 g/mol. The molecule has 140 valence electrons. The molecule has 3 aromatic rings. The van der Waals surface area contributed by atoms with Crippen molar-refractivity contribution in [1.29, 1.82) is 0 Å². The van der Waals surface area contributed by atoms with Crippen molar-refractivity contribution in [3.8, 4) is 0 Å². The first kappa shape index (κ1) is 17.3. The molecule has 4 rings (SSSR count). The summed E-state index contributed by atoms with van der Waals surface area (Å²) < 4.78 is 1.89. The van der Waals surface area contributed by atoms with Crippen LogP contribution in [0.2, 0.25) is 0 Å². The van der Waals surface area contributed by atoms with E-state index in [0.717, 1.165) is 33.5 Å². The molecule has 1 aromatic carbocycles. The smallest absolute Gasteiger partial charge is 0.303 e. The number of rotatable bonds is 5. The number of aliphatic carboxylic acids is 1. The molecule has 3 heterocycles. The Morgan fingerprint density at radius 3 is 2.89 bits per heavy atom. The van der Waals surface area contributed by atoms with Crippen LogP contribution < -0.4 is 0 Å². The average molecular weight is 366 g/mol. The second-order valence-electron chi connectivity index (χ2n) is 7.01. The fraction of sp³-hybridized carbons (Fsp3) is 0.350. The average Bonchev–Trinajstić information content (AvgIpc) is 3.20. The van der Waals surface area contributed by atoms with Crippen LogP contribution in [0, 0.1) is 6.92 Å². The molecule has 0 radical (unpaired) electrons. The zero-order valence-corrected chi connectivity index (χ0v) is 15.2. The highest BCUT2D eigenvalue weighted by molar-refractivity contribution is 5.90. The fourth-order valence-corrected chi connectivity index (χ4v) is 3.72. The van der Waals surface area contributed by atoms with Crippen molar-refractivity contribution < 1.29 is 14.7 Å². The highest BCUT2D eigenvalue weighted by Gasteiger charge is 2.24. The Balaban J connectivity index is 1.47. The minimum absolute atomic E-state index is 0.0684. The van der Waals surface area contributed by atoms with Crippen LogP contribution in [0.25, 0.3) is 10.9 Å². The maximum atomic E-state index is 12.9. The number of H-pyrrole nitrogens is 1. The molecule has 0 unspecified atom stereocenters. The number of aromatic amines is 1. The van der Waals surface area contributed by atoms with Crippen LogP contribution in [0.15, 0.2) is 30.3 Å². The number of hydrogen-bond acceptors (Lipinski definition) is 3. The molecule has 27 heavy (non-hydrogen) atoms. The summed E-state index contributed by atoms with van der Waals surface area (Å²) in [6.07, 6.45) is 0.854. The SMILES string of the molecule is Cc1[nH]c2ccccc2c1CC(=O)N1CCn2nc(CCC(=O)O)cc2C1. The van der Waals surface area contributed by atoms with Gasteiger partial charge in [0.05, 0.1) is 37.3 Å². The third-order valence-corrected chi connectivity index (χ3v) is 5.15. The number of carboxylic acids is 1. The van der Waals surface area contributed by atoms with Crippen molar-refractivity contribution in [3.05, 3.63) is 53.0 Å². The number of aromatic nitrogens is 3. The molecule has 1 aliphatic heterocycles. The van der Waals surface area contributed by atoms with Gasteiger partial charge in [-0.05, 0) is 24.6 Å². The van der Waals surface area contributed by atoms with Crippen molar-refractivity contribution >= 4 is 22.8 Å². The number of carbonyl (C=O) groups excluding carboxylic acids is 1. The number of nitrogens with one attached hydrogen (secondary N) is 1. The predicted octanol–water partition coefficient (Wildman–Crippen LogP) is 2.27. The van der Waals surface area contributed by atoms with E-state index in [-0.39, 0.29) is 12.3 Å². The molecule has 7 nitrogen and oxygen atoms in total. The maximum absolute atomic E-state index is 12.9. The van der Waals surface area contributed by atoms with E-state index in [2.05, 4.69) is 10.1 Å². The number of hydrogen-bond donors (Lipinski definition) is 2. The van der Waals surface area contributed by atoms with E-state index < -0.39 is 5.97 Å². The van der Waals surface area contributed by atoms with Crippen molar-refractivity contribution in [3.63, 3.8) is 0 Å². The van der Waals surface area contributed by atoms with Gasteiger partial charge in [0, 0.05) is 29.6 Å². The van der Waals surface area contributed by atoms with E-state index in [1.807, 2.05) is 46.8 Å². The van der Waals surface area contributed by atoms with Crippen molar-refractivity contribution in [2.75, 3.05) is 6.54 Å². The Kier molecular flexibility index (Phi) is 4.43. The van der Waals surface area contributed by atoms with Gasteiger partial charge in [-0.2, -0.15) is 5.10 Å². The molecule has 1 aliphatic rings. The molecule has 1 amide bonds. The number of benzene rings is 1. The van der Waals surface area contributed by atoms with Crippen LogP contribution in [0.1, 0.15) is 29.1 Å². The zero-order valence-electron chi connectivity index (χ0n) is 15.2. The molecule has 0 atom stereocenters. The first-order valence-corrected chi connectivity index (χ1v) is 9.12. The van der Waals surface area contributed by atoms with Gasteiger partial charge < -0.3 is 15.0 Å². The van der Waals surface area contributed by atoms with Crippen molar-refractivity contribution in [2.45, 2.75) is 39.3 Å². The Labute approximate surface area is 156 Å². The van der Waals surface area contributed by atoms with E-state index >= 15 is 0 Å². The number of amides is 1. The number of aryl methyl sites for hydroxylation is 2. The Morgan fingerprint density at radius 2 is 2.07 bits per heavy atom. The van der Waals surface area contributed by atoms with Gasteiger partial charge >= 0.3 is 5.97 Å². The molecule has 0 saturated carbocycles. The first-order valence-electron chi connectivity index (χ1n) is 9.12. The normalized spacial score (nSPS) is 13.7. The first-order chi connectivity index (χ1) is 13.0.